The summed E-state index contributed by atoms with van der Waals surface area (Å²) < 4.78 is 10.9. The molecule has 0 aliphatic heterocycles. The van der Waals surface area contributed by atoms with Gasteiger partial charge in [-0.25, -0.2) is 0 Å². The number of aromatic nitrogens is 1. The molecule has 5 heteroatoms. The van der Waals surface area contributed by atoms with Gasteiger partial charge in [0.05, 0.1) is 12.3 Å². The van der Waals surface area contributed by atoms with Gasteiger partial charge in [0.1, 0.15) is 18.3 Å². The molecule has 4 fully saturated rings. The summed E-state index contributed by atoms with van der Waals surface area (Å²) in [6.07, 6.45) is 11.3. The highest BCUT2D eigenvalue weighted by atomic mass is 16.5. The first kappa shape index (κ1) is 21.4. The third kappa shape index (κ3) is 3.71. The van der Waals surface area contributed by atoms with Crippen molar-refractivity contribution in [3.05, 3.63) is 17.5 Å². The van der Waals surface area contributed by atoms with E-state index >= 15 is 0 Å². The minimum atomic E-state index is -0.00629. The molecular formula is C26H38N2O3. The molecule has 31 heavy (non-hydrogen) atoms. The number of Topliss-reactive ketones (excluding diaryl/α,β-unsaturated/α-hetero) is 1. The Kier molecular flexibility index (Phi) is 5.60. The van der Waals surface area contributed by atoms with Crippen LogP contribution < -0.4 is 0 Å². The molecule has 6 atom stereocenters. The molecule has 0 bridgehead atoms. The highest BCUT2D eigenvalue weighted by Crippen LogP contribution is 2.65. The number of aryl methyl sites for hydroxylation is 1. The summed E-state index contributed by atoms with van der Waals surface area (Å²) in [6.45, 7) is 7.86. The van der Waals surface area contributed by atoms with Crippen molar-refractivity contribution in [3.8, 4) is 0 Å². The van der Waals surface area contributed by atoms with Crippen LogP contribution in [-0.4, -0.2) is 30.0 Å². The molecule has 4 unspecified atom stereocenters. The van der Waals surface area contributed by atoms with Gasteiger partial charge >= 0.3 is 0 Å². The molecule has 0 N–H and O–H groups in total. The molecule has 4 saturated carbocycles. The van der Waals surface area contributed by atoms with Gasteiger partial charge < -0.3 is 9.26 Å². The lowest BCUT2D eigenvalue weighted by Crippen LogP contribution is -2.53. The first-order valence-corrected chi connectivity index (χ1v) is 12.5. The summed E-state index contributed by atoms with van der Waals surface area (Å²) in [7, 11) is 0. The van der Waals surface area contributed by atoms with E-state index in [0.29, 0.717) is 30.5 Å². The number of fused-ring (bicyclic) bond motifs is 5. The number of ketones is 1. The fourth-order valence-corrected chi connectivity index (χ4v) is 7.89. The molecule has 5 nitrogen and oxygen atoms in total. The average molecular weight is 427 g/mol. The average Bonchev–Trinajstić information content (AvgIpc) is 3.30. The molecule has 1 aromatic heterocycles. The summed E-state index contributed by atoms with van der Waals surface area (Å²) in [5, 5.41) is 4.01. The maximum absolute atomic E-state index is 12.6. The monoisotopic (exact) mass is 426 g/mol. The van der Waals surface area contributed by atoms with Crippen molar-refractivity contribution in [3.63, 3.8) is 0 Å². The number of aliphatic imine (C=N–C) groups is 1. The van der Waals surface area contributed by atoms with Gasteiger partial charge in [0.15, 0.2) is 0 Å². The van der Waals surface area contributed by atoms with E-state index in [2.05, 4.69) is 19.0 Å². The van der Waals surface area contributed by atoms with E-state index in [1.807, 2.05) is 13.0 Å². The third-order valence-electron chi connectivity index (χ3n) is 9.77. The van der Waals surface area contributed by atoms with Crippen molar-refractivity contribution in [1.82, 2.24) is 5.16 Å². The second kappa shape index (κ2) is 8.13. The standard InChI is InChI=1S/C26H38N2O3/c1-17-14-20(28-31-17)10-13-30-16-27-19-8-11-25(2)18(15-19)4-5-21-22-6-7-24(29)26(22,3)12-9-23(21)25/h14,18,21-23H,4-13,15-16H2,1-3H3/t18?,21?,22?,23?,25-,26-/m0/s1. The fraction of sp³-hybridized carbons (Fsp3) is 0.808. The SMILES string of the molecule is Cc1cc(CCOCN=C2CC[C@@]3(C)C(CCC4C3CC[C@]3(C)C(=O)CCC43)C2)no1. The predicted octanol–water partition coefficient (Wildman–Crippen LogP) is 5.55. The quantitative estimate of drug-likeness (QED) is 0.579. The second-order valence-electron chi connectivity index (χ2n) is 11.2. The molecule has 0 radical (unpaired) electrons. The van der Waals surface area contributed by atoms with Gasteiger partial charge in [-0.2, -0.15) is 0 Å². The zero-order chi connectivity index (χ0) is 21.6. The minimum absolute atomic E-state index is 0.00629. The Hall–Kier alpha value is -1.49. The van der Waals surface area contributed by atoms with Crippen LogP contribution in [0.1, 0.15) is 83.1 Å². The molecule has 0 aromatic carbocycles. The lowest BCUT2D eigenvalue weighted by atomic mass is 9.45. The largest absolute Gasteiger partial charge is 0.361 e. The molecule has 0 amide bonds. The van der Waals surface area contributed by atoms with Gasteiger partial charge in [0, 0.05) is 30.0 Å². The van der Waals surface area contributed by atoms with Crippen LogP contribution in [0, 0.1) is 41.4 Å². The van der Waals surface area contributed by atoms with Crippen LogP contribution >= 0.6 is 0 Å². The smallest absolute Gasteiger partial charge is 0.139 e. The van der Waals surface area contributed by atoms with E-state index in [0.717, 1.165) is 67.7 Å². The second-order valence-corrected chi connectivity index (χ2v) is 11.2. The third-order valence-corrected chi connectivity index (χ3v) is 9.77. The molecule has 4 aliphatic carbocycles. The first-order chi connectivity index (χ1) is 14.9. The fourth-order valence-electron chi connectivity index (χ4n) is 7.89. The summed E-state index contributed by atoms with van der Waals surface area (Å²) in [5.74, 6) is 4.37. The van der Waals surface area contributed by atoms with Crippen LogP contribution in [0.3, 0.4) is 0 Å². The van der Waals surface area contributed by atoms with Crippen LogP contribution in [0.2, 0.25) is 0 Å². The van der Waals surface area contributed by atoms with Gasteiger partial charge in [-0.05, 0) is 87.4 Å². The van der Waals surface area contributed by atoms with E-state index in [1.54, 1.807) is 0 Å². The highest BCUT2D eigenvalue weighted by Gasteiger charge is 2.59. The summed E-state index contributed by atoms with van der Waals surface area (Å²) in [4.78, 5) is 17.4. The normalized spacial score (nSPS) is 41.1. The maximum atomic E-state index is 12.6. The molecule has 0 spiro atoms. The van der Waals surface area contributed by atoms with Crippen LogP contribution in [0.25, 0.3) is 0 Å². The molecule has 1 aromatic rings. The molecule has 0 saturated heterocycles. The van der Waals surface area contributed by atoms with Crippen LogP contribution in [0.5, 0.6) is 0 Å². The summed E-state index contributed by atoms with van der Waals surface area (Å²) >= 11 is 0. The van der Waals surface area contributed by atoms with Gasteiger partial charge in [-0.1, -0.05) is 19.0 Å². The van der Waals surface area contributed by atoms with Gasteiger partial charge in [-0.15, -0.1) is 0 Å². The van der Waals surface area contributed by atoms with Crippen molar-refractivity contribution in [1.29, 1.82) is 0 Å². The summed E-state index contributed by atoms with van der Waals surface area (Å²) in [6, 6.07) is 1.96. The van der Waals surface area contributed by atoms with Gasteiger partial charge in [-0.3, -0.25) is 9.79 Å². The summed E-state index contributed by atoms with van der Waals surface area (Å²) in [5.41, 5.74) is 2.73. The highest BCUT2D eigenvalue weighted by molar-refractivity contribution is 5.87. The topological polar surface area (TPSA) is 64.7 Å². The van der Waals surface area contributed by atoms with Crippen LogP contribution in [0.4, 0.5) is 0 Å². The first-order valence-electron chi connectivity index (χ1n) is 12.5. The Morgan fingerprint density at radius 1 is 1.16 bits per heavy atom. The molecule has 5 rings (SSSR count). The van der Waals surface area contributed by atoms with E-state index in [-0.39, 0.29) is 5.41 Å². The van der Waals surface area contributed by atoms with E-state index in [4.69, 9.17) is 14.3 Å². The van der Waals surface area contributed by atoms with Crippen molar-refractivity contribution in [2.45, 2.75) is 85.0 Å². The Bertz CT molecular complexity index is 861. The van der Waals surface area contributed by atoms with E-state index < -0.39 is 0 Å². The Balaban J connectivity index is 1.17. The number of hydrogen-bond donors (Lipinski definition) is 0. The van der Waals surface area contributed by atoms with Crippen molar-refractivity contribution in [2.75, 3.05) is 13.3 Å². The minimum Gasteiger partial charge on any atom is -0.361 e. The Morgan fingerprint density at radius 3 is 2.84 bits per heavy atom. The molecule has 1 heterocycles. The predicted molar refractivity (Wildman–Crippen MR) is 120 cm³/mol. The number of carbonyl (C=O) groups excluding carboxylic acids is 1. The van der Waals surface area contributed by atoms with Crippen molar-refractivity contribution in [2.24, 2.45) is 39.5 Å². The lowest BCUT2D eigenvalue weighted by molar-refractivity contribution is -0.136. The number of nitrogens with zero attached hydrogens (tertiary/aromatic N) is 2. The molecule has 4 aliphatic rings. The van der Waals surface area contributed by atoms with Gasteiger partial charge in [0.2, 0.25) is 0 Å². The zero-order valence-electron chi connectivity index (χ0n) is 19.5. The zero-order valence-corrected chi connectivity index (χ0v) is 19.5. The molecular weight excluding hydrogens is 388 g/mol. The lowest BCUT2D eigenvalue weighted by Gasteiger charge is -2.59. The number of rotatable bonds is 5. The maximum Gasteiger partial charge on any atom is 0.139 e. The van der Waals surface area contributed by atoms with Gasteiger partial charge in [0.25, 0.3) is 0 Å². The number of hydrogen-bond acceptors (Lipinski definition) is 5. The van der Waals surface area contributed by atoms with E-state index in [1.165, 1.54) is 31.4 Å². The van der Waals surface area contributed by atoms with Crippen molar-refractivity contribution >= 4 is 11.5 Å². The van der Waals surface area contributed by atoms with Crippen LogP contribution in [0.15, 0.2) is 15.6 Å². The molecule has 170 valence electrons. The number of carbonyl (C=O) groups is 1. The van der Waals surface area contributed by atoms with Crippen LogP contribution in [-0.2, 0) is 16.0 Å². The number of ether oxygens (including phenoxy) is 1. The Morgan fingerprint density at radius 2 is 2.03 bits per heavy atom. The van der Waals surface area contributed by atoms with Crippen molar-refractivity contribution < 1.29 is 14.1 Å². The van der Waals surface area contributed by atoms with E-state index in [9.17, 15) is 4.79 Å². The Labute approximate surface area is 186 Å².